The molecule has 90 valence electrons. The van der Waals surface area contributed by atoms with Gasteiger partial charge in [0.25, 0.3) is 0 Å². The summed E-state index contributed by atoms with van der Waals surface area (Å²) in [6.45, 7) is 3.37. The molecule has 0 spiro atoms. The second kappa shape index (κ2) is 6.15. The molecule has 16 heavy (non-hydrogen) atoms. The smallest absolute Gasteiger partial charge is 0.0701 e. The van der Waals surface area contributed by atoms with Crippen molar-refractivity contribution < 1.29 is 0 Å². The highest BCUT2D eigenvalue weighted by molar-refractivity contribution is 9.11. The molecule has 1 unspecified atom stereocenters. The van der Waals surface area contributed by atoms with Crippen LogP contribution in [0.3, 0.4) is 0 Å². The third-order valence-corrected chi connectivity index (χ3v) is 4.81. The summed E-state index contributed by atoms with van der Waals surface area (Å²) < 4.78 is 1.22. The second-order valence-corrected chi connectivity index (χ2v) is 6.81. The summed E-state index contributed by atoms with van der Waals surface area (Å²) in [6.07, 6.45) is 4.10. The third kappa shape index (κ3) is 3.55. The quantitative estimate of drug-likeness (QED) is 0.919. The van der Waals surface area contributed by atoms with Crippen molar-refractivity contribution in [2.45, 2.75) is 31.8 Å². The van der Waals surface area contributed by atoms with Gasteiger partial charge in [-0.2, -0.15) is 0 Å². The van der Waals surface area contributed by atoms with E-state index in [1.807, 2.05) is 0 Å². The van der Waals surface area contributed by atoms with Crippen LogP contribution in [-0.4, -0.2) is 31.1 Å². The Morgan fingerprint density at radius 3 is 3.12 bits per heavy atom. The van der Waals surface area contributed by atoms with Gasteiger partial charge in [-0.25, -0.2) is 0 Å². The average molecular weight is 303 g/mol. The molecule has 0 aliphatic carbocycles. The van der Waals surface area contributed by atoms with Gasteiger partial charge in [0.15, 0.2) is 0 Å². The highest BCUT2D eigenvalue weighted by Crippen LogP contribution is 2.20. The molecule has 1 fully saturated rings. The maximum atomic E-state index is 3.56. The zero-order chi connectivity index (χ0) is 11.4. The van der Waals surface area contributed by atoms with Gasteiger partial charge in [-0.05, 0) is 59.4 Å². The van der Waals surface area contributed by atoms with Crippen molar-refractivity contribution in [2.24, 2.45) is 0 Å². The van der Waals surface area contributed by atoms with Crippen LogP contribution >= 0.6 is 27.3 Å². The minimum atomic E-state index is 0.732. The molecule has 0 amide bonds. The third-order valence-electron chi connectivity index (χ3n) is 3.25. The van der Waals surface area contributed by atoms with Crippen LogP contribution in [0, 0.1) is 0 Å². The molecule has 0 aromatic carbocycles. The van der Waals surface area contributed by atoms with Crippen molar-refractivity contribution in [3.63, 3.8) is 0 Å². The Balaban J connectivity index is 1.71. The molecule has 4 heteroatoms. The normalized spacial score (nSPS) is 22.5. The average Bonchev–Trinajstić information content (AvgIpc) is 2.67. The first-order valence-corrected chi connectivity index (χ1v) is 7.57. The molecular weight excluding hydrogens is 284 g/mol. The van der Waals surface area contributed by atoms with Gasteiger partial charge in [-0.1, -0.05) is 6.42 Å². The number of nitrogens with one attached hydrogen (secondary N) is 1. The van der Waals surface area contributed by atoms with E-state index in [0.717, 1.165) is 19.1 Å². The van der Waals surface area contributed by atoms with Crippen molar-refractivity contribution in [1.82, 2.24) is 10.2 Å². The first kappa shape index (κ1) is 12.6. The fourth-order valence-corrected chi connectivity index (χ4v) is 3.43. The van der Waals surface area contributed by atoms with Crippen LogP contribution in [0.15, 0.2) is 15.2 Å². The van der Waals surface area contributed by atoms with Crippen LogP contribution in [0.1, 0.15) is 24.8 Å². The molecule has 0 radical (unpaired) electrons. The first-order valence-electron chi connectivity index (χ1n) is 5.89. The minimum Gasteiger partial charge on any atom is -0.311 e. The number of halogens is 1. The molecule has 1 saturated heterocycles. The van der Waals surface area contributed by atoms with Gasteiger partial charge >= 0.3 is 0 Å². The maximum Gasteiger partial charge on any atom is 0.0701 e. The minimum absolute atomic E-state index is 0.732. The molecule has 1 aromatic rings. The molecule has 1 aliphatic rings. The second-order valence-electron chi connectivity index (χ2n) is 4.52. The molecule has 0 saturated carbocycles. The molecule has 1 aliphatic heterocycles. The zero-order valence-corrected chi connectivity index (χ0v) is 12.1. The van der Waals surface area contributed by atoms with Crippen molar-refractivity contribution >= 4 is 27.3 Å². The molecule has 1 aromatic heterocycles. The molecule has 2 heterocycles. The fraction of sp³-hybridized carbons (Fsp3) is 0.667. The van der Waals surface area contributed by atoms with Crippen molar-refractivity contribution in [3.8, 4) is 0 Å². The lowest BCUT2D eigenvalue weighted by Crippen LogP contribution is -2.42. The number of rotatable bonds is 4. The van der Waals surface area contributed by atoms with Crippen LogP contribution in [0.4, 0.5) is 0 Å². The van der Waals surface area contributed by atoms with E-state index in [4.69, 9.17) is 0 Å². The van der Waals surface area contributed by atoms with Crippen molar-refractivity contribution in [3.05, 3.63) is 20.8 Å². The number of piperidine rings is 1. The Labute approximate surface area is 110 Å². The van der Waals surface area contributed by atoms with Crippen molar-refractivity contribution in [2.75, 3.05) is 20.1 Å². The van der Waals surface area contributed by atoms with E-state index in [-0.39, 0.29) is 0 Å². The zero-order valence-electron chi connectivity index (χ0n) is 9.71. The maximum absolute atomic E-state index is 3.56. The molecule has 2 nitrogen and oxygen atoms in total. The summed E-state index contributed by atoms with van der Waals surface area (Å²) in [7, 11) is 2.24. The SMILES string of the molecule is CN1CCCCC1CNCc1csc(Br)c1. The van der Waals surface area contributed by atoms with Crippen LogP contribution in [-0.2, 0) is 6.54 Å². The van der Waals surface area contributed by atoms with E-state index >= 15 is 0 Å². The monoisotopic (exact) mass is 302 g/mol. The molecule has 1 N–H and O–H groups in total. The lowest BCUT2D eigenvalue weighted by molar-refractivity contribution is 0.181. The Morgan fingerprint density at radius 2 is 2.44 bits per heavy atom. The van der Waals surface area contributed by atoms with Crippen LogP contribution < -0.4 is 5.32 Å². The predicted molar refractivity (Wildman–Crippen MR) is 74.0 cm³/mol. The summed E-state index contributed by atoms with van der Waals surface area (Å²) in [5.41, 5.74) is 1.38. The summed E-state index contributed by atoms with van der Waals surface area (Å²) in [5, 5.41) is 5.77. The standard InChI is InChI=1S/C12H19BrN2S/c1-15-5-3-2-4-11(15)8-14-7-10-6-12(13)16-9-10/h6,9,11,14H,2-5,7-8H2,1H3. The highest BCUT2D eigenvalue weighted by atomic mass is 79.9. The molecule has 1 atom stereocenters. The number of thiophene rings is 1. The van der Waals surface area contributed by atoms with Gasteiger partial charge in [-0.3, -0.25) is 0 Å². The van der Waals surface area contributed by atoms with Gasteiger partial charge in [-0.15, -0.1) is 11.3 Å². The first-order chi connectivity index (χ1) is 7.75. The highest BCUT2D eigenvalue weighted by Gasteiger charge is 2.17. The number of likely N-dealkylation sites (tertiary alicyclic amines) is 1. The number of hydrogen-bond acceptors (Lipinski definition) is 3. The van der Waals surface area contributed by atoms with Gasteiger partial charge in [0, 0.05) is 19.1 Å². The Hall–Kier alpha value is 0.100. The van der Waals surface area contributed by atoms with E-state index in [1.54, 1.807) is 11.3 Å². The van der Waals surface area contributed by atoms with Gasteiger partial charge < -0.3 is 10.2 Å². The lowest BCUT2D eigenvalue weighted by atomic mass is 10.0. The van der Waals surface area contributed by atoms with E-state index in [1.165, 1.54) is 35.2 Å². The Kier molecular flexibility index (Phi) is 4.82. The summed E-state index contributed by atoms with van der Waals surface area (Å²) in [4.78, 5) is 2.49. The largest absolute Gasteiger partial charge is 0.311 e. The summed E-state index contributed by atoms with van der Waals surface area (Å²) in [6, 6.07) is 2.93. The summed E-state index contributed by atoms with van der Waals surface area (Å²) >= 11 is 5.25. The Morgan fingerprint density at radius 1 is 1.56 bits per heavy atom. The molecule has 0 bridgehead atoms. The van der Waals surface area contributed by atoms with Gasteiger partial charge in [0.2, 0.25) is 0 Å². The molecular formula is C12H19BrN2S. The van der Waals surface area contributed by atoms with Gasteiger partial charge in [0.05, 0.1) is 3.79 Å². The van der Waals surface area contributed by atoms with Crippen LogP contribution in [0.25, 0.3) is 0 Å². The number of hydrogen-bond donors (Lipinski definition) is 1. The number of nitrogens with zero attached hydrogens (tertiary/aromatic N) is 1. The van der Waals surface area contributed by atoms with E-state index in [9.17, 15) is 0 Å². The van der Waals surface area contributed by atoms with E-state index in [0.29, 0.717) is 0 Å². The lowest BCUT2D eigenvalue weighted by Gasteiger charge is -2.32. The topological polar surface area (TPSA) is 15.3 Å². The van der Waals surface area contributed by atoms with Crippen LogP contribution in [0.2, 0.25) is 0 Å². The summed E-state index contributed by atoms with van der Waals surface area (Å²) in [5.74, 6) is 0. The number of likely N-dealkylation sites (N-methyl/N-ethyl adjacent to an activating group) is 1. The van der Waals surface area contributed by atoms with Crippen LogP contribution in [0.5, 0.6) is 0 Å². The molecule has 2 rings (SSSR count). The van der Waals surface area contributed by atoms with E-state index in [2.05, 4.69) is 44.6 Å². The Bertz CT molecular complexity index is 327. The van der Waals surface area contributed by atoms with E-state index < -0.39 is 0 Å². The van der Waals surface area contributed by atoms with Crippen molar-refractivity contribution in [1.29, 1.82) is 0 Å². The fourth-order valence-electron chi connectivity index (χ4n) is 2.22. The van der Waals surface area contributed by atoms with Gasteiger partial charge in [0.1, 0.15) is 0 Å². The predicted octanol–water partition coefficient (Wildman–Crippen LogP) is 3.08.